The van der Waals surface area contributed by atoms with Crippen LogP contribution in [0.5, 0.6) is 0 Å². The molecular weight excluding hydrogens is 128 g/mol. The topological polar surface area (TPSA) is 65.2 Å². The zero-order chi connectivity index (χ0) is 7.56. The Morgan fingerprint density at radius 1 is 1.60 bits per heavy atom. The lowest BCUT2D eigenvalue weighted by Crippen LogP contribution is -2.04. The first-order valence-corrected chi connectivity index (χ1v) is 2.97. The van der Waals surface area contributed by atoms with Crippen molar-refractivity contribution < 1.29 is 4.42 Å². The van der Waals surface area contributed by atoms with Crippen LogP contribution < -0.4 is 11.5 Å². The second-order valence-corrected chi connectivity index (χ2v) is 2.00. The van der Waals surface area contributed by atoms with Gasteiger partial charge in [0.25, 0.3) is 0 Å². The van der Waals surface area contributed by atoms with Gasteiger partial charge in [-0.1, -0.05) is 6.08 Å². The first kappa shape index (κ1) is 6.89. The van der Waals surface area contributed by atoms with Crippen molar-refractivity contribution >= 4 is 5.88 Å². The maximum atomic E-state index is 5.54. The summed E-state index contributed by atoms with van der Waals surface area (Å²) in [6.07, 6.45) is 1.60. The first-order valence-electron chi connectivity index (χ1n) is 2.97. The van der Waals surface area contributed by atoms with E-state index in [1.165, 1.54) is 0 Å². The highest BCUT2D eigenvalue weighted by Gasteiger charge is 2.04. The van der Waals surface area contributed by atoms with Crippen molar-refractivity contribution in [2.75, 3.05) is 5.73 Å². The predicted molar refractivity (Wildman–Crippen MR) is 40.2 cm³/mol. The van der Waals surface area contributed by atoms with E-state index in [9.17, 15) is 0 Å². The summed E-state index contributed by atoms with van der Waals surface area (Å²) < 4.78 is 5.02. The second-order valence-electron chi connectivity index (χ2n) is 2.00. The van der Waals surface area contributed by atoms with Crippen LogP contribution in [0.2, 0.25) is 0 Å². The molecule has 1 rings (SSSR count). The Bertz CT molecular complexity index is 229. The number of anilines is 1. The van der Waals surface area contributed by atoms with Gasteiger partial charge >= 0.3 is 0 Å². The van der Waals surface area contributed by atoms with Crippen molar-refractivity contribution in [1.29, 1.82) is 0 Å². The van der Waals surface area contributed by atoms with E-state index in [2.05, 4.69) is 6.58 Å². The van der Waals surface area contributed by atoms with Crippen molar-refractivity contribution in [1.82, 2.24) is 0 Å². The predicted octanol–water partition coefficient (Wildman–Crippen LogP) is 1.05. The fourth-order valence-corrected chi connectivity index (χ4v) is 0.664. The molecule has 0 aliphatic carbocycles. The minimum absolute atomic E-state index is 0.253. The number of rotatable bonds is 2. The molecule has 3 nitrogen and oxygen atoms in total. The highest BCUT2D eigenvalue weighted by Crippen LogP contribution is 2.15. The van der Waals surface area contributed by atoms with Crippen LogP contribution in [0.15, 0.2) is 29.2 Å². The summed E-state index contributed by atoms with van der Waals surface area (Å²) in [5, 5.41) is 0. The van der Waals surface area contributed by atoms with Crippen molar-refractivity contribution in [3.05, 3.63) is 30.5 Å². The van der Waals surface area contributed by atoms with Crippen LogP contribution in [0.3, 0.4) is 0 Å². The van der Waals surface area contributed by atoms with E-state index in [-0.39, 0.29) is 6.04 Å². The molecule has 0 fully saturated rings. The quantitative estimate of drug-likeness (QED) is 0.600. The van der Waals surface area contributed by atoms with Crippen molar-refractivity contribution in [2.45, 2.75) is 6.04 Å². The Morgan fingerprint density at radius 3 is 2.70 bits per heavy atom. The normalized spacial score (nSPS) is 12.9. The molecule has 0 radical (unpaired) electrons. The van der Waals surface area contributed by atoms with Crippen LogP contribution in [0.4, 0.5) is 5.88 Å². The monoisotopic (exact) mass is 138 g/mol. The van der Waals surface area contributed by atoms with E-state index >= 15 is 0 Å². The fourth-order valence-electron chi connectivity index (χ4n) is 0.664. The minimum atomic E-state index is -0.253. The van der Waals surface area contributed by atoms with Crippen LogP contribution in [0, 0.1) is 0 Å². The van der Waals surface area contributed by atoms with E-state index in [0.29, 0.717) is 11.6 Å². The van der Waals surface area contributed by atoms with E-state index in [4.69, 9.17) is 15.9 Å². The molecule has 1 atom stereocenters. The lowest BCUT2D eigenvalue weighted by Gasteiger charge is -1.98. The Labute approximate surface area is 59.3 Å². The Balaban J connectivity index is 2.84. The van der Waals surface area contributed by atoms with E-state index in [0.717, 1.165) is 0 Å². The number of furan rings is 1. The van der Waals surface area contributed by atoms with Crippen LogP contribution in [0.25, 0.3) is 0 Å². The standard InChI is InChI=1S/C7H10N2O/c1-2-5(8)6-3-4-7(9)10-6/h2-5H,1,8-9H2. The summed E-state index contributed by atoms with van der Waals surface area (Å²) in [5.74, 6) is 1.03. The zero-order valence-electron chi connectivity index (χ0n) is 5.58. The van der Waals surface area contributed by atoms with E-state index in [1.54, 1.807) is 18.2 Å². The minimum Gasteiger partial charge on any atom is -0.444 e. The third-order valence-electron chi connectivity index (χ3n) is 1.23. The molecule has 0 saturated carbocycles. The molecule has 1 heterocycles. The lowest BCUT2D eigenvalue weighted by molar-refractivity contribution is 0.510. The Hall–Kier alpha value is -1.22. The Morgan fingerprint density at radius 2 is 2.30 bits per heavy atom. The first-order chi connectivity index (χ1) is 4.74. The van der Waals surface area contributed by atoms with E-state index in [1.807, 2.05) is 0 Å². The smallest absolute Gasteiger partial charge is 0.190 e. The highest BCUT2D eigenvalue weighted by atomic mass is 16.4. The average Bonchev–Trinajstić information content (AvgIpc) is 2.34. The highest BCUT2D eigenvalue weighted by molar-refractivity contribution is 5.27. The number of nitrogens with two attached hydrogens (primary N) is 2. The summed E-state index contributed by atoms with van der Waals surface area (Å²) in [4.78, 5) is 0. The van der Waals surface area contributed by atoms with Crippen molar-refractivity contribution in [2.24, 2.45) is 5.73 Å². The molecule has 4 N–H and O–H groups in total. The summed E-state index contributed by atoms with van der Waals surface area (Å²) in [5.41, 5.74) is 10.9. The summed E-state index contributed by atoms with van der Waals surface area (Å²) >= 11 is 0. The van der Waals surface area contributed by atoms with Crippen LogP contribution >= 0.6 is 0 Å². The van der Waals surface area contributed by atoms with Gasteiger partial charge in [0.05, 0.1) is 6.04 Å². The van der Waals surface area contributed by atoms with Gasteiger partial charge in [0.1, 0.15) is 5.76 Å². The van der Waals surface area contributed by atoms with Crippen LogP contribution in [-0.2, 0) is 0 Å². The van der Waals surface area contributed by atoms with Gasteiger partial charge in [-0.2, -0.15) is 0 Å². The van der Waals surface area contributed by atoms with Gasteiger partial charge in [-0.15, -0.1) is 6.58 Å². The molecule has 0 aliphatic rings. The molecule has 0 aliphatic heterocycles. The van der Waals surface area contributed by atoms with Gasteiger partial charge in [0, 0.05) is 6.07 Å². The summed E-state index contributed by atoms with van der Waals surface area (Å²) in [6.45, 7) is 3.52. The van der Waals surface area contributed by atoms with Crippen LogP contribution in [-0.4, -0.2) is 0 Å². The van der Waals surface area contributed by atoms with Crippen LogP contribution in [0.1, 0.15) is 11.8 Å². The largest absolute Gasteiger partial charge is 0.444 e. The second kappa shape index (κ2) is 2.58. The lowest BCUT2D eigenvalue weighted by atomic mass is 10.2. The van der Waals surface area contributed by atoms with Crippen molar-refractivity contribution in [3.63, 3.8) is 0 Å². The number of nitrogen functional groups attached to an aromatic ring is 1. The molecule has 54 valence electrons. The van der Waals surface area contributed by atoms with Gasteiger partial charge in [0.15, 0.2) is 5.88 Å². The van der Waals surface area contributed by atoms with Gasteiger partial charge in [-0.25, -0.2) is 0 Å². The molecule has 1 unspecified atom stereocenters. The molecule has 0 spiro atoms. The molecular formula is C7H10N2O. The molecule has 1 aromatic rings. The molecule has 10 heavy (non-hydrogen) atoms. The summed E-state index contributed by atoms with van der Waals surface area (Å²) in [6, 6.07) is 3.15. The zero-order valence-corrected chi connectivity index (χ0v) is 5.58. The molecule has 3 heteroatoms. The van der Waals surface area contributed by atoms with Gasteiger partial charge in [-0.3, -0.25) is 0 Å². The molecule has 0 amide bonds. The van der Waals surface area contributed by atoms with E-state index < -0.39 is 0 Å². The SMILES string of the molecule is C=CC(N)c1ccc(N)o1. The van der Waals surface area contributed by atoms with Gasteiger partial charge < -0.3 is 15.9 Å². The average molecular weight is 138 g/mol. The molecule has 0 aromatic carbocycles. The summed E-state index contributed by atoms with van der Waals surface area (Å²) in [7, 11) is 0. The third-order valence-corrected chi connectivity index (χ3v) is 1.23. The third kappa shape index (κ3) is 1.19. The molecule has 1 aromatic heterocycles. The maximum Gasteiger partial charge on any atom is 0.190 e. The molecule has 0 saturated heterocycles. The van der Waals surface area contributed by atoms with Crippen molar-refractivity contribution in [3.8, 4) is 0 Å². The maximum absolute atomic E-state index is 5.54. The fraction of sp³-hybridized carbons (Fsp3) is 0.143. The number of hydrogen-bond donors (Lipinski definition) is 2. The molecule has 0 bridgehead atoms. The number of hydrogen-bond acceptors (Lipinski definition) is 3. The Kier molecular flexibility index (Phi) is 1.78. The van der Waals surface area contributed by atoms with Gasteiger partial charge in [0.2, 0.25) is 0 Å². The van der Waals surface area contributed by atoms with Gasteiger partial charge in [-0.05, 0) is 6.07 Å².